The first-order chi connectivity index (χ1) is 31.8. The summed E-state index contributed by atoms with van der Waals surface area (Å²) in [6.45, 7) is 6.76. The van der Waals surface area contributed by atoms with Gasteiger partial charge in [0.2, 0.25) is 17.8 Å². The number of methoxy groups -OCH3 is 1. The summed E-state index contributed by atoms with van der Waals surface area (Å²) < 4.78 is 35.8. The molecule has 1 unspecified atom stereocenters. The Morgan fingerprint density at radius 2 is 1.58 bits per heavy atom. The number of piperidine rings is 1. The lowest BCUT2D eigenvalue weighted by Crippen LogP contribution is -2.54. The number of halogens is 2. The molecule has 20 heteroatoms. The Balaban J connectivity index is 0.732. The highest BCUT2D eigenvalue weighted by atomic mass is 19.3. The number of hydrogen-bond donors (Lipinski definition) is 2. The monoisotopic (exact) mass is 911 g/mol. The molecule has 6 amide bonds. The van der Waals surface area contributed by atoms with Crippen LogP contribution in [-0.4, -0.2) is 169 Å². The minimum absolute atomic E-state index is 0.0727. The largest absolute Gasteiger partial charge is 0.495 e. The number of amides is 6. The van der Waals surface area contributed by atoms with Crippen molar-refractivity contribution in [2.75, 3.05) is 106 Å². The summed E-state index contributed by atoms with van der Waals surface area (Å²) in [5.41, 5.74) is 2.47. The van der Waals surface area contributed by atoms with Gasteiger partial charge in [0.25, 0.3) is 23.6 Å². The first-order valence-corrected chi connectivity index (χ1v) is 22.9. The van der Waals surface area contributed by atoms with E-state index in [1.165, 1.54) is 20.4 Å². The molecule has 5 aliphatic heterocycles. The molecule has 1 atom stereocenters. The number of anilines is 5. The van der Waals surface area contributed by atoms with Crippen LogP contribution in [0.25, 0.3) is 0 Å². The molecule has 1 aliphatic carbocycles. The van der Waals surface area contributed by atoms with Gasteiger partial charge >= 0.3 is 5.92 Å². The molecule has 1 saturated carbocycles. The highest BCUT2D eigenvalue weighted by Crippen LogP contribution is 2.40. The third-order valence-electron chi connectivity index (χ3n) is 13.8. The quantitative estimate of drug-likeness (QED) is 0.199. The van der Waals surface area contributed by atoms with Crippen molar-refractivity contribution in [1.82, 2.24) is 34.9 Å². The summed E-state index contributed by atoms with van der Waals surface area (Å²) in [5, 5.41) is 5.39. The molecule has 3 aromatic rings. The number of unbranched alkanes of at least 4 members (excludes halogenated alkanes) is 1. The van der Waals surface area contributed by atoms with E-state index in [0.29, 0.717) is 54.4 Å². The lowest BCUT2D eigenvalue weighted by molar-refractivity contribution is -0.140. The zero-order valence-corrected chi connectivity index (χ0v) is 37.3. The van der Waals surface area contributed by atoms with Gasteiger partial charge in [-0.1, -0.05) is 18.9 Å². The molecule has 9 rings (SSSR count). The van der Waals surface area contributed by atoms with Gasteiger partial charge in [0, 0.05) is 77.4 Å². The van der Waals surface area contributed by atoms with E-state index in [0.717, 1.165) is 87.6 Å². The molecule has 2 N–H and O–H groups in total. The number of benzene rings is 2. The predicted molar refractivity (Wildman–Crippen MR) is 240 cm³/mol. The molecule has 350 valence electrons. The number of carbonyl (C=O) groups is 6. The maximum absolute atomic E-state index is 15.1. The Labute approximate surface area is 381 Å². The Morgan fingerprint density at radius 1 is 0.879 bits per heavy atom. The molecule has 66 heavy (non-hydrogen) atoms. The molecule has 4 fully saturated rings. The zero-order chi connectivity index (χ0) is 46.3. The number of alkyl halides is 2. The highest BCUT2D eigenvalue weighted by molar-refractivity contribution is 6.25. The molecule has 6 heterocycles. The fourth-order valence-corrected chi connectivity index (χ4v) is 10.2. The van der Waals surface area contributed by atoms with Gasteiger partial charge in [-0.2, -0.15) is 13.8 Å². The lowest BCUT2D eigenvalue weighted by Gasteiger charge is -2.37. The highest BCUT2D eigenvalue weighted by Gasteiger charge is 2.49. The maximum Gasteiger partial charge on any atom is 0.342 e. The number of nitrogens with one attached hydrogen (secondary N) is 2. The second kappa shape index (κ2) is 18.5. The minimum Gasteiger partial charge on any atom is -0.495 e. The maximum atomic E-state index is 15.1. The van der Waals surface area contributed by atoms with E-state index in [4.69, 9.17) is 4.74 Å². The number of hydrogen-bond acceptors (Lipinski definition) is 14. The summed E-state index contributed by atoms with van der Waals surface area (Å²) in [6, 6.07) is 9.17. The summed E-state index contributed by atoms with van der Waals surface area (Å²) in [4.78, 5) is 98.8. The van der Waals surface area contributed by atoms with Gasteiger partial charge in [0.15, 0.2) is 5.82 Å². The molecule has 6 aliphatic rings. The number of nitrogens with zero attached hydrogens (tertiary/aromatic N) is 9. The second-order valence-corrected chi connectivity index (χ2v) is 17.9. The van der Waals surface area contributed by atoms with E-state index in [9.17, 15) is 28.8 Å². The molecule has 3 saturated heterocycles. The van der Waals surface area contributed by atoms with Crippen molar-refractivity contribution in [3.63, 3.8) is 0 Å². The van der Waals surface area contributed by atoms with Crippen LogP contribution >= 0.6 is 0 Å². The molecule has 0 spiro atoms. The second-order valence-electron chi connectivity index (χ2n) is 17.9. The number of rotatable bonds is 12. The van der Waals surface area contributed by atoms with Gasteiger partial charge in [-0.25, -0.2) is 4.98 Å². The number of ether oxygens (including phenoxy) is 1. The van der Waals surface area contributed by atoms with E-state index in [1.54, 1.807) is 35.2 Å². The van der Waals surface area contributed by atoms with Gasteiger partial charge in [0.05, 0.1) is 42.4 Å². The Morgan fingerprint density at radius 3 is 2.26 bits per heavy atom. The van der Waals surface area contributed by atoms with Crippen LogP contribution in [0.4, 0.5) is 37.6 Å². The predicted octanol–water partition coefficient (Wildman–Crippen LogP) is 3.35. The van der Waals surface area contributed by atoms with Crippen LogP contribution in [0.15, 0.2) is 42.6 Å². The van der Waals surface area contributed by atoms with E-state index in [1.807, 2.05) is 11.0 Å². The van der Waals surface area contributed by atoms with Gasteiger partial charge in [0.1, 0.15) is 17.5 Å². The average molecular weight is 912 g/mol. The lowest BCUT2D eigenvalue weighted by atomic mass is 10.0. The normalized spacial score (nSPS) is 21.8. The van der Waals surface area contributed by atoms with Crippen LogP contribution in [-0.2, 0) is 14.4 Å². The van der Waals surface area contributed by atoms with Gasteiger partial charge < -0.3 is 29.7 Å². The smallest absolute Gasteiger partial charge is 0.342 e. The molecule has 2 aromatic carbocycles. The number of imide groups is 2. The van der Waals surface area contributed by atoms with Crippen molar-refractivity contribution in [3.8, 4) is 5.75 Å². The Bertz CT molecular complexity index is 2420. The van der Waals surface area contributed by atoms with E-state index in [2.05, 4.69) is 35.3 Å². The third kappa shape index (κ3) is 8.75. The van der Waals surface area contributed by atoms with Crippen molar-refractivity contribution in [3.05, 3.63) is 59.3 Å². The number of carbonyl (C=O) groups excluding carboxylic acids is 6. The fourth-order valence-electron chi connectivity index (χ4n) is 10.2. The molecule has 18 nitrogen and oxygen atoms in total. The van der Waals surface area contributed by atoms with Crippen molar-refractivity contribution < 1.29 is 42.3 Å². The Kier molecular flexibility index (Phi) is 12.6. The number of fused-ring (bicyclic) bond motifs is 2. The summed E-state index contributed by atoms with van der Waals surface area (Å²) in [7, 11) is 2.81. The summed E-state index contributed by atoms with van der Waals surface area (Å²) >= 11 is 0. The zero-order valence-electron chi connectivity index (χ0n) is 37.3. The molecule has 0 bridgehead atoms. The van der Waals surface area contributed by atoms with Crippen LogP contribution in [0.2, 0.25) is 0 Å². The van der Waals surface area contributed by atoms with E-state index in [-0.39, 0.29) is 47.8 Å². The first-order valence-electron chi connectivity index (χ1n) is 22.9. The van der Waals surface area contributed by atoms with Crippen molar-refractivity contribution >= 4 is 64.3 Å². The average Bonchev–Trinajstić information content (AvgIpc) is 3.94. The molecular formula is C46H55F2N11O7. The van der Waals surface area contributed by atoms with Crippen molar-refractivity contribution in [2.24, 2.45) is 0 Å². The standard InChI is InChI=1S/C46H55F2N11O7/c1-53-35-27-49-45(52-39(35)58(30-8-3-4-9-30)28-46(47,48)44(53)65)50-32-13-12-29(26-36(32)66-2)41(62)57-24-20-55(21-25-57)17-6-5-16-54-18-22-56(23-19-54)33-11-7-10-31-38(33)43(64)59(42(31)63)34-14-15-37(60)51-40(34)61/h7,10-13,26-27,30,34H,3-6,8-9,14-25,28H2,1-2H3,(H,49,50,52)(H,51,60,61). The first kappa shape index (κ1) is 44.9. The van der Waals surface area contributed by atoms with Gasteiger partial charge in [-0.3, -0.25) is 48.8 Å². The van der Waals surface area contributed by atoms with Gasteiger partial charge in [-0.15, -0.1) is 0 Å². The topological polar surface area (TPSA) is 184 Å². The van der Waals surface area contributed by atoms with Crippen molar-refractivity contribution in [2.45, 2.75) is 69.4 Å². The SMILES string of the molecule is COc1cc(C(=O)N2CCN(CCCCN3CCN(c4cccc5c4C(=O)N(C4CCC(=O)NC4=O)C5=O)CC3)CC2)ccc1Nc1ncc2c(n1)N(C1CCCC1)CC(F)(F)C(=O)N2C. The minimum atomic E-state index is -3.58. The van der Waals surface area contributed by atoms with E-state index >= 15 is 8.78 Å². The van der Waals surface area contributed by atoms with Crippen molar-refractivity contribution in [1.29, 1.82) is 0 Å². The summed E-state index contributed by atoms with van der Waals surface area (Å²) in [5.74, 6) is -6.21. The number of aromatic nitrogens is 2. The van der Waals surface area contributed by atoms with Crippen LogP contribution in [0.1, 0.15) is 82.4 Å². The Hall–Kier alpha value is -6.28. The number of piperazine rings is 2. The van der Waals surface area contributed by atoms with Crippen LogP contribution in [0.5, 0.6) is 5.75 Å². The molecule has 1 aromatic heterocycles. The molecular weight excluding hydrogens is 857 g/mol. The fraction of sp³-hybridized carbons (Fsp3) is 0.522. The van der Waals surface area contributed by atoms with Crippen LogP contribution in [0.3, 0.4) is 0 Å². The molecule has 0 radical (unpaired) electrons. The van der Waals surface area contributed by atoms with E-state index < -0.39 is 48.0 Å². The summed E-state index contributed by atoms with van der Waals surface area (Å²) in [6.07, 6.45) is 6.88. The third-order valence-corrected chi connectivity index (χ3v) is 13.8. The van der Waals surface area contributed by atoms with Crippen LogP contribution in [0, 0.1) is 0 Å². The van der Waals surface area contributed by atoms with Gasteiger partial charge in [-0.05, 0) is 75.5 Å². The van der Waals surface area contributed by atoms with Crippen LogP contribution < -0.4 is 30.1 Å².